The minimum atomic E-state index is -3.50. The molecule has 1 aliphatic carbocycles. The summed E-state index contributed by atoms with van der Waals surface area (Å²) in [5.41, 5.74) is 5.10. The molecular weight excluding hydrogens is 310 g/mol. The van der Waals surface area contributed by atoms with Crippen LogP contribution in [0, 0.1) is 0 Å². The Morgan fingerprint density at radius 1 is 1.09 bits per heavy atom. The van der Waals surface area contributed by atoms with E-state index in [0.29, 0.717) is 4.90 Å². The van der Waals surface area contributed by atoms with Crippen molar-refractivity contribution < 1.29 is 8.42 Å². The number of sulfonamides is 1. The molecule has 1 aliphatic rings. The Labute approximate surface area is 134 Å². The van der Waals surface area contributed by atoms with Gasteiger partial charge in [0, 0.05) is 6.54 Å². The molecule has 5 nitrogen and oxygen atoms in total. The number of imidazole rings is 1. The maximum atomic E-state index is 12.5. The van der Waals surface area contributed by atoms with Gasteiger partial charge < -0.3 is 4.98 Å². The third-order valence-electron chi connectivity index (χ3n) is 4.33. The van der Waals surface area contributed by atoms with Crippen molar-refractivity contribution in [3.05, 3.63) is 59.4 Å². The minimum absolute atomic E-state index is 0.258. The Bertz CT molecular complexity index is 976. The lowest BCUT2D eigenvalue weighted by atomic mass is 10.1. The van der Waals surface area contributed by atoms with E-state index >= 15 is 0 Å². The highest BCUT2D eigenvalue weighted by Gasteiger charge is 2.18. The molecule has 0 radical (unpaired) electrons. The molecular formula is C17H17N3O2S. The molecule has 2 aromatic carbocycles. The monoisotopic (exact) mass is 327 g/mol. The van der Waals surface area contributed by atoms with E-state index in [9.17, 15) is 8.42 Å². The van der Waals surface area contributed by atoms with Gasteiger partial charge in [-0.2, -0.15) is 0 Å². The van der Waals surface area contributed by atoms with E-state index in [-0.39, 0.29) is 6.54 Å². The number of rotatable bonds is 4. The third-order valence-corrected chi connectivity index (χ3v) is 5.73. The van der Waals surface area contributed by atoms with Gasteiger partial charge >= 0.3 is 0 Å². The lowest BCUT2D eigenvalue weighted by molar-refractivity contribution is 0.581. The van der Waals surface area contributed by atoms with Crippen LogP contribution < -0.4 is 4.72 Å². The summed E-state index contributed by atoms with van der Waals surface area (Å²) >= 11 is 0. The van der Waals surface area contributed by atoms with Crippen LogP contribution in [-0.4, -0.2) is 18.4 Å². The number of hydrogen-bond acceptors (Lipinski definition) is 3. The summed E-state index contributed by atoms with van der Waals surface area (Å²) in [7, 11) is -3.50. The summed E-state index contributed by atoms with van der Waals surface area (Å²) in [4.78, 5) is 7.53. The second kappa shape index (κ2) is 5.47. The van der Waals surface area contributed by atoms with E-state index in [2.05, 4.69) is 14.7 Å². The normalized spacial score (nSPS) is 14.3. The second-order valence-electron chi connectivity index (χ2n) is 5.86. The number of aryl methyl sites for hydroxylation is 2. The molecule has 0 fully saturated rings. The Morgan fingerprint density at radius 3 is 2.87 bits per heavy atom. The molecule has 0 saturated heterocycles. The van der Waals surface area contributed by atoms with Gasteiger partial charge in [-0.15, -0.1) is 0 Å². The van der Waals surface area contributed by atoms with Crippen molar-refractivity contribution in [2.45, 2.75) is 30.7 Å². The number of benzene rings is 2. The number of fused-ring (bicyclic) bond motifs is 2. The predicted octanol–water partition coefficient (Wildman–Crippen LogP) is 2.53. The highest BCUT2D eigenvalue weighted by molar-refractivity contribution is 7.89. The van der Waals surface area contributed by atoms with E-state index < -0.39 is 10.0 Å². The highest BCUT2D eigenvalue weighted by Crippen LogP contribution is 2.24. The number of nitrogens with zero attached hydrogens (tertiary/aromatic N) is 1. The number of nitrogens with one attached hydrogen (secondary N) is 2. The summed E-state index contributed by atoms with van der Waals surface area (Å²) in [6.45, 7) is 0.258. The molecule has 3 aromatic rings. The lowest BCUT2D eigenvalue weighted by Gasteiger charge is -2.09. The van der Waals surface area contributed by atoms with Crippen LogP contribution in [0.25, 0.3) is 11.0 Å². The molecule has 118 valence electrons. The molecule has 6 heteroatoms. The minimum Gasteiger partial charge on any atom is -0.345 e. The zero-order valence-corrected chi connectivity index (χ0v) is 13.4. The lowest BCUT2D eigenvalue weighted by Crippen LogP contribution is -2.23. The fourth-order valence-corrected chi connectivity index (χ4v) is 4.14. The molecule has 0 bridgehead atoms. The van der Waals surface area contributed by atoms with E-state index in [1.807, 2.05) is 30.3 Å². The number of hydrogen-bond donors (Lipinski definition) is 2. The van der Waals surface area contributed by atoms with Gasteiger partial charge in [0.25, 0.3) is 0 Å². The average Bonchev–Trinajstić information content (AvgIpc) is 3.20. The van der Waals surface area contributed by atoms with Gasteiger partial charge in [0.15, 0.2) is 0 Å². The Kier molecular flexibility index (Phi) is 3.43. The van der Waals surface area contributed by atoms with Crippen LogP contribution in [0.3, 0.4) is 0 Å². The van der Waals surface area contributed by atoms with Gasteiger partial charge in [-0.05, 0) is 60.2 Å². The maximum absolute atomic E-state index is 12.5. The van der Waals surface area contributed by atoms with E-state index in [0.717, 1.165) is 41.4 Å². The van der Waals surface area contributed by atoms with Gasteiger partial charge in [0.2, 0.25) is 10.0 Å². The quantitative estimate of drug-likeness (QED) is 0.773. The van der Waals surface area contributed by atoms with Crippen LogP contribution in [0.2, 0.25) is 0 Å². The van der Waals surface area contributed by atoms with E-state index in [1.165, 1.54) is 5.56 Å². The molecule has 2 N–H and O–H groups in total. The third kappa shape index (κ3) is 2.75. The van der Waals surface area contributed by atoms with Crippen LogP contribution in [0.1, 0.15) is 23.1 Å². The number of H-pyrrole nitrogens is 1. The first-order valence-corrected chi connectivity index (χ1v) is 9.14. The van der Waals surface area contributed by atoms with Crippen LogP contribution in [0.5, 0.6) is 0 Å². The average molecular weight is 327 g/mol. The van der Waals surface area contributed by atoms with Crippen molar-refractivity contribution >= 4 is 21.1 Å². The van der Waals surface area contributed by atoms with Crippen molar-refractivity contribution in [1.82, 2.24) is 14.7 Å². The second-order valence-corrected chi connectivity index (χ2v) is 7.63. The summed E-state index contributed by atoms with van der Waals surface area (Å²) in [6.07, 6.45) is 4.75. The Morgan fingerprint density at radius 2 is 1.96 bits per heavy atom. The molecule has 1 aromatic heterocycles. The zero-order valence-electron chi connectivity index (χ0n) is 12.5. The topological polar surface area (TPSA) is 74.8 Å². The largest absolute Gasteiger partial charge is 0.345 e. The van der Waals surface area contributed by atoms with E-state index in [1.54, 1.807) is 12.4 Å². The van der Waals surface area contributed by atoms with Crippen molar-refractivity contribution in [3.8, 4) is 0 Å². The fraction of sp³-hybridized carbons (Fsp3) is 0.235. The summed E-state index contributed by atoms with van der Waals surface area (Å²) in [5, 5.41) is 0. The predicted molar refractivity (Wildman–Crippen MR) is 88.6 cm³/mol. The summed E-state index contributed by atoms with van der Waals surface area (Å²) in [5.74, 6) is 0. The highest BCUT2D eigenvalue weighted by atomic mass is 32.2. The van der Waals surface area contributed by atoms with Gasteiger partial charge in [-0.25, -0.2) is 18.1 Å². The van der Waals surface area contributed by atoms with Gasteiger partial charge in [0.05, 0.1) is 22.3 Å². The maximum Gasteiger partial charge on any atom is 0.240 e. The zero-order chi connectivity index (χ0) is 15.9. The Hall–Kier alpha value is -2.18. The molecule has 0 unspecified atom stereocenters. The van der Waals surface area contributed by atoms with Crippen molar-refractivity contribution in [1.29, 1.82) is 0 Å². The van der Waals surface area contributed by atoms with Crippen LogP contribution >= 0.6 is 0 Å². The molecule has 0 atom stereocenters. The molecule has 4 rings (SSSR count). The molecule has 0 saturated carbocycles. The molecule has 0 spiro atoms. The SMILES string of the molecule is O=S(=O)(NCc1ccc2nc[nH]c2c1)c1ccc2c(c1)CCC2. The van der Waals surface area contributed by atoms with E-state index in [4.69, 9.17) is 0 Å². The van der Waals surface area contributed by atoms with Crippen molar-refractivity contribution in [3.63, 3.8) is 0 Å². The number of aromatic nitrogens is 2. The molecule has 1 heterocycles. The van der Waals surface area contributed by atoms with Crippen molar-refractivity contribution in [2.75, 3.05) is 0 Å². The summed E-state index contributed by atoms with van der Waals surface area (Å²) < 4.78 is 27.7. The molecule has 0 aliphatic heterocycles. The van der Waals surface area contributed by atoms with Crippen molar-refractivity contribution in [2.24, 2.45) is 0 Å². The van der Waals surface area contributed by atoms with Gasteiger partial charge in [-0.3, -0.25) is 0 Å². The van der Waals surface area contributed by atoms with Crippen LogP contribution in [-0.2, 0) is 29.4 Å². The van der Waals surface area contributed by atoms with Gasteiger partial charge in [0.1, 0.15) is 0 Å². The van der Waals surface area contributed by atoms with Crippen LogP contribution in [0.15, 0.2) is 47.6 Å². The molecule has 23 heavy (non-hydrogen) atoms. The molecule has 0 amide bonds. The van der Waals surface area contributed by atoms with Crippen LogP contribution in [0.4, 0.5) is 0 Å². The Balaban J connectivity index is 1.55. The first kappa shape index (κ1) is 14.4. The van der Waals surface area contributed by atoms with Gasteiger partial charge in [-0.1, -0.05) is 12.1 Å². The fourth-order valence-electron chi connectivity index (χ4n) is 3.07. The summed E-state index contributed by atoms with van der Waals surface area (Å²) in [6, 6.07) is 11.1. The first-order chi connectivity index (χ1) is 11.1. The standard InChI is InChI=1S/C17H17N3O2S/c21-23(22,15-6-5-13-2-1-3-14(13)9-15)20-10-12-4-7-16-17(8-12)19-11-18-16/h4-9,11,20H,1-3,10H2,(H,18,19). The smallest absolute Gasteiger partial charge is 0.240 e. The first-order valence-electron chi connectivity index (χ1n) is 7.65. The number of aromatic amines is 1.